The van der Waals surface area contributed by atoms with Gasteiger partial charge in [0.05, 0.1) is 17.9 Å². The molecule has 1 aliphatic heterocycles. The number of nitrogens with zero attached hydrogens (tertiary/aromatic N) is 1. The summed E-state index contributed by atoms with van der Waals surface area (Å²) in [5.41, 5.74) is 0.517. The lowest BCUT2D eigenvalue weighted by atomic mass is 9.67. The van der Waals surface area contributed by atoms with Crippen LogP contribution in [0.1, 0.15) is 55.7 Å². The molecule has 1 saturated carbocycles. The number of carboxylic acids is 1. The fourth-order valence-corrected chi connectivity index (χ4v) is 8.31. The third-order valence-electron chi connectivity index (χ3n) is 7.90. The maximum atomic E-state index is 14.4. The normalized spacial score (nSPS) is 24.2. The highest BCUT2D eigenvalue weighted by Crippen LogP contribution is 2.54. The van der Waals surface area contributed by atoms with Crippen molar-refractivity contribution in [3.63, 3.8) is 0 Å². The number of likely N-dealkylation sites (tertiary alicyclic amines) is 1. The first kappa shape index (κ1) is 29.1. The van der Waals surface area contributed by atoms with E-state index in [2.05, 4.69) is 4.72 Å². The molecule has 2 aromatic carbocycles. The summed E-state index contributed by atoms with van der Waals surface area (Å²) in [4.78, 5) is 28.2. The Morgan fingerprint density at radius 1 is 1.10 bits per heavy atom. The lowest BCUT2D eigenvalue weighted by Gasteiger charge is -2.52. The van der Waals surface area contributed by atoms with E-state index >= 15 is 0 Å². The number of thiophene rings is 1. The molecule has 2 fully saturated rings. The first-order valence-electron chi connectivity index (χ1n) is 13.1. The molecule has 4 atom stereocenters. The van der Waals surface area contributed by atoms with Gasteiger partial charge in [0.25, 0.3) is 0 Å². The first-order valence-corrected chi connectivity index (χ1v) is 16.2. The summed E-state index contributed by atoms with van der Waals surface area (Å²) in [7, 11) is -3.78. The molecular weight excluding hydrogens is 591 g/mol. The third-order valence-corrected chi connectivity index (χ3v) is 11.2. The van der Waals surface area contributed by atoms with Crippen molar-refractivity contribution in [2.45, 2.75) is 54.8 Å². The number of halogens is 2. The minimum Gasteiger partial charge on any atom is -0.481 e. The molecule has 212 valence electrons. The standard InChI is InChI=1S/C29H30Cl2N2O5S2/c1-29(16-25(34)35)15-23(20-4-2-5-22(31)14-20)27(19-9-11-21(30)12-10-19)33(28(29)36)24(18-7-8-18)17-32-40(37,38)26-6-3-13-39-26/h2-6,9-14,18,23-24,27,32H,7-8,15-17H2,1H3,(H,34,35). The third kappa shape index (κ3) is 6.09. The number of nitrogens with one attached hydrogen (secondary N) is 1. The Labute approximate surface area is 248 Å². The SMILES string of the molecule is CC1(CC(=O)O)CC(c2cccc(Cl)c2)C(c2ccc(Cl)cc2)N(C(CNS(=O)(=O)c2cccs2)C2CC2)C1=O. The molecule has 1 saturated heterocycles. The monoisotopic (exact) mass is 620 g/mol. The summed E-state index contributed by atoms with van der Waals surface area (Å²) >= 11 is 13.8. The second kappa shape index (κ2) is 11.4. The molecule has 0 bridgehead atoms. The van der Waals surface area contributed by atoms with E-state index in [1.165, 1.54) is 0 Å². The largest absolute Gasteiger partial charge is 0.481 e. The molecule has 5 rings (SSSR count). The molecule has 0 spiro atoms. The van der Waals surface area contributed by atoms with Crippen molar-refractivity contribution < 1.29 is 23.1 Å². The van der Waals surface area contributed by atoms with Crippen LogP contribution in [0.25, 0.3) is 0 Å². The Morgan fingerprint density at radius 3 is 2.42 bits per heavy atom. The number of benzene rings is 2. The number of carboxylic acid groups (broad SMARTS) is 1. The van der Waals surface area contributed by atoms with Gasteiger partial charge in [0.1, 0.15) is 4.21 Å². The van der Waals surface area contributed by atoms with Gasteiger partial charge in [-0.15, -0.1) is 11.3 Å². The summed E-state index contributed by atoms with van der Waals surface area (Å²) in [6.07, 6.45) is 1.64. The summed E-state index contributed by atoms with van der Waals surface area (Å²) in [5, 5.41) is 12.6. The highest BCUT2D eigenvalue weighted by atomic mass is 35.5. The number of hydrogen-bond donors (Lipinski definition) is 2. The summed E-state index contributed by atoms with van der Waals surface area (Å²) < 4.78 is 29.1. The number of aliphatic carboxylic acids is 1. The summed E-state index contributed by atoms with van der Waals surface area (Å²) in [5.74, 6) is -1.57. The lowest BCUT2D eigenvalue weighted by molar-refractivity contribution is -0.161. The van der Waals surface area contributed by atoms with Gasteiger partial charge in [-0.3, -0.25) is 9.59 Å². The molecule has 2 aliphatic rings. The molecule has 3 aromatic rings. The average Bonchev–Trinajstić information content (AvgIpc) is 3.57. The summed E-state index contributed by atoms with van der Waals surface area (Å²) in [6.45, 7) is 1.72. The maximum Gasteiger partial charge on any atom is 0.304 e. The molecule has 1 aliphatic carbocycles. The van der Waals surface area contributed by atoms with Gasteiger partial charge < -0.3 is 10.0 Å². The van der Waals surface area contributed by atoms with Gasteiger partial charge in [-0.05, 0) is 72.0 Å². The smallest absolute Gasteiger partial charge is 0.304 e. The zero-order chi connectivity index (χ0) is 28.7. The number of piperidine rings is 1. The molecule has 1 amide bonds. The van der Waals surface area contributed by atoms with E-state index in [0.29, 0.717) is 16.5 Å². The van der Waals surface area contributed by atoms with E-state index in [4.69, 9.17) is 23.2 Å². The van der Waals surface area contributed by atoms with Gasteiger partial charge in [-0.25, -0.2) is 13.1 Å². The van der Waals surface area contributed by atoms with Gasteiger partial charge in [0.2, 0.25) is 15.9 Å². The Morgan fingerprint density at radius 2 is 1.82 bits per heavy atom. The van der Waals surface area contributed by atoms with Crippen molar-refractivity contribution in [2.75, 3.05) is 6.54 Å². The second-order valence-electron chi connectivity index (χ2n) is 10.9. The topological polar surface area (TPSA) is 104 Å². The average molecular weight is 622 g/mol. The molecular formula is C29H30Cl2N2O5S2. The Hall–Kier alpha value is -2.43. The van der Waals surface area contributed by atoms with Crippen molar-refractivity contribution >= 4 is 56.4 Å². The maximum absolute atomic E-state index is 14.4. The second-order valence-corrected chi connectivity index (χ2v) is 14.7. The lowest BCUT2D eigenvalue weighted by Crippen LogP contribution is -2.59. The number of carbonyl (C=O) groups is 2. The molecule has 4 unspecified atom stereocenters. The van der Waals surface area contributed by atoms with Gasteiger partial charge in [0, 0.05) is 28.5 Å². The minimum atomic E-state index is -3.78. The highest BCUT2D eigenvalue weighted by Gasteiger charge is 2.54. The molecule has 11 heteroatoms. The zero-order valence-electron chi connectivity index (χ0n) is 21.8. The molecule has 2 N–H and O–H groups in total. The number of rotatable bonds is 10. The Balaban J connectivity index is 1.63. The van der Waals surface area contributed by atoms with Gasteiger partial charge >= 0.3 is 5.97 Å². The van der Waals surface area contributed by atoms with Crippen LogP contribution in [-0.2, 0) is 19.6 Å². The molecule has 40 heavy (non-hydrogen) atoms. The number of carbonyl (C=O) groups excluding carboxylic acids is 1. The molecule has 7 nitrogen and oxygen atoms in total. The van der Waals surface area contributed by atoms with E-state index in [-0.39, 0.29) is 34.9 Å². The highest BCUT2D eigenvalue weighted by molar-refractivity contribution is 7.91. The van der Waals surface area contributed by atoms with Crippen LogP contribution >= 0.6 is 34.5 Å². The van der Waals surface area contributed by atoms with Crippen molar-refractivity contribution in [3.05, 3.63) is 87.2 Å². The van der Waals surface area contributed by atoms with Crippen LogP contribution in [0.2, 0.25) is 10.0 Å². The van der Waals surface area contributed by atoms with Crippen molar-refractivity contribution in [2.24, 2.45) is 11.3 Å². The van der Waals surface area contributed by atoms with Crippen molar-refractivity contribution in [1.82, 2.24) is 9.62 Å². The Kier molecular flexibility index (Phi) is 8.32. The van der Waals surface area contributed by atoms with Crippen LogP contribution < -0.4 is 4.72 Å². The van der Waals surface area contributed by atoms with Crippen LogP contribution in [0.4, 0.5) is 0 Å². The number of amides is 1. The van der Waals surface area contributed by atoms with Crippen LogP contribution in [0.15, 0.2) is 70.3 Å². The van der Waals surface area contributed by atoms with E-state index in [1.54, 1.807) is 47.5 Å². The molecule has 0 radical (unpaired) electrons. The van der Waals surface area contributed by atoms with Gasteiger partial charge in [0.15, 0.2) is 0 Å². The van der Waals surface area contributed by atoms with Gasteiger partial charge in [-0.2, -0.15) is 0 Å². The van der Waals surface area contributed by atoms with Crippen LogP contribution in [0.3, 0.4) is 0 Å². The fraction of sp³-hybridized carbons (Fsp3) is 0.379. The van der Waals surface area contributed by atoms with E-state index < -0.39 is 33.5 Å². The number of hydrogen-bond acceptors (Lipinski definition) is 5. The summed E-state index contributed by atoms with van der Waals surface area (Å²) in [6, 6.07) is 17.0. The van der Waals surface area contributed by atoms with E-state index in [1.807, 2.05) is 30.3 Å². The van der Waals surface area contributed by atoms with Gasteiger partial charge in [-0.1, -0.05) is 60.5 Å². The number of sulfonamides is 1. The Bertz CT molecular complexity index is 1490. The predicted octanol–water partition coefficient (Wildman–Crippen LogP) is 6.35. The van der Waals surface area contributed by atoms with Crippen molar-refractivity contribution in [3.8, 4) is 0 Å². The minimum absolute atomic E-state index is 0.0200. The van der Waals surface area contributed by atoms with E-state index in [0.717, 1.165) is 35.3 Å². The zero-order valence-corrected chi connectivity index (χ0v) is 24.9. The predicted molar refractivity (Wildman–Crippen MR) is 156 cm³/mol. The first-order chi connectivity index (χ1) is 19.0. The molecule has 2 heterocycles. The van der Waals surface area contributed by atoms with Crippen molar-refractivity contribution in [1.29, 1.82) is 0 Å². The van der Waals surface area contributed by atoms with E-state index in [9.17, 15) is 23.1 Å². The quantitative estimate of drug-likeness (QED) is 0.275. The van der Waals surface area contributed by atoms with Crippen LogP contribution in [-0.4, -0.2) is 42.9 Å². The fourth-order valence-electron chi connectivity index (χ4n) is 5.90. The van der Waals surface area contributed by atoms with Crippen LogP contribution in [0, 0.1) is 11.3 Å². The molecule has 1 aromatic heterocycles. The van der Waals surface area contributed by atoms with Crippen LogP contribution in [0.5, 0.6) is 0 Å².